The van der Waals surface area contributed by atoms with Crippen LogP contribution in [0.1, 0.15) is 12.8 Å². The maximum Gasteiger partial charge on any atom is 0.108 e. The van der Waals surface area contributed by atoms with Gasteiger partial charge in [0.1, 0.15) is 25.3 Å². The third kappa shape index (κ3) is 21.1. The molecule has 8 nitrogen and oxygen atoms in total. The average molecular weight is 322 g/mol. The van der Waals surface area contributed by atoms with Gasteiger partial charge in [0, 0.05) is 24.8 Å². The topological polar surface area (TPSA) is 121 Å². The Bertz CT molecular complexity index is 312. The quantitative estimate of drug-likeness (QED) is 0.445. The summed E-state index contributed by atoms with van der Waals surface area (Å²) in [4.78, 5) is 20.0. The van der Waals surface area contributed by atoms with E-state index in [2.05, 4.69) is 0 Å². The predicted octanol–water partition coefficient (Wildman–Crippen LogP) is -3.61. The summed E-state index contributed by atoms with van der Waals surface area (Å²) in [6.07, 6.45) is -2.18. The molecule has 2 atom stereocenters. The summed E-state index contributed by atoms with van der Waals surface area (Å²) >= 11 is 0. The molecule has 0 aliphatic rings. The molecule has 2 unspecified atom stereocenters. The zero-order valence-corrected chi connectivity index (χ0v) is 14.4. The van der Waals surface area contributed by atoms with E-state index in [0.29, 0.717) is 22.1 Å². The Balaban J connectivity index is 0. The minimum absolute atomic E-state index is 0.282. The van der Waals surface area contributed by atoms with Crippen LogP contribution in [0.25, 0.3) is 0 Å². The van der Waals surface area contributed by atoms with Crippen LogP contribution in [0.4, 0.5) is 0 Å². The fraction of sp³-hybridized carbons (Fsp3) is 0.857. The van der Waals surface area contributed by atoms with Gasteiger partial charge in [-0.3, -0.25) is 0 Å². The Morgan fingerprint density at radius 1 is 0.773 bits per heavy atom. The number of hydrogen-bond donors (Lipinski definition) is 2. The molecule has 0 spiro atoms. The lowest BCUT2D eigenvalue weighted by Gasteiger charge is -2.26. The molecule has 132 valence electrons. The Kier molecular flexibility index (Phi) is 10.2. The number of quaternary nitrogens is 2. The van der Waals surface area contributed by atoms with Crippen molar-refractivity contribution in [1.29, 1.82) is 0 Å². The number of rotatable bonds is 8. The number of aliphatic carboxylic acids is 2. The molecule has 8 heteroatoms. The lowest BCUT2D eigenvalue weighted by molar-refractivity contribution is -0.873. The van der Waals surface area contributed by atoms with Crippen LogP contribution in [-0.2, 0) is 9.59 Å². The fourth-order valence-corrected chi connectivity index (χ4v) is 1.78. The molecule has 0 saturated heterocycles. The number of carboxylic acids is 2. The van der Waals surface area contributed by atoms with Crippen molar-refractivity contribution in [2.75, 3.05) is 55.4 Å². The predicted molar refractivity (Wildman–Crippen MR) is 77.1 cm³/mol. The van der Waals surface area contributed by atoms with Crippen LogP contribution in [0.2, 0.25) is 0 Å². The Hall–Kier alpha value is -1.22. The van der Waals surface area contributed by atoms with Crippen molar-refractivity contribution < 1.29 is 39.0 Å². The van der Waals surface area contributed by atoms with Crippen LogP contribution in [0.5, 0.6) is 0 Å². The molecule has 0 aromatic carbocycles. The summed E-state index contributed by atoms with van der Waals surface area (Å²) in [6.45, 7) is 0.849. The molecule has 2 N–H and O–H groups in total. The van der Waals surface area contributed by atoms with Crippen LogP contribution in [-0.4, -0.2) is 98.7 Å². The van der Waals surface area contributed by atoms with Gasteiger partial charge in [-0.2, -0.15) is 0 Å². The number of hydrogen-bond acceptors (Lipinski definition) is 6. The van der Waals surface area contributed by atoms with Gasteiger partial charge in [0.15, 0.2) is 0 Å². The molecular formula is C14H30N2O6. The normalized spacial score (nSPS) is 14.5. The minimum Gasteiger partial charge on any atom is -0.550 e. The highest BCUT2D eigenvalue weighted by atomic mass is 16.4. The molecule has 0 radical (unpaired) electrons. The Morgan fingerprint density at radius 2 is 1.00 bits per heavy atom. The third-order valence-electron chi connectivity index (χ3n) is 2.32. The first-order chi connectivity index (χ1) is 9.62. The van der Waals surface area contributed by atoms with E-state index in [9.17, 15) is 19.8 Å². The van der Waals surface area contributed by atoms with Crippen molar-refractivity contribution in [2.45, 2.75) is 25.0 Å². The second kappa shape index (κ2) is 9.73. The molecule has 0 aromatic heterocycles. The van der Waals surface area contributed by atoms with E-state index >= 15 is 0 Å². The van der Waals surface area contributed by atoms with E-state index in [4.69, 9.17) is 10.2 Å². The summed E-state index contributed by atoms with van der Waals surface area (Å²) in [5, 5.41) is 38.3. The molecule has 0 heterocycles. The van der Waals surface area contributed by atoms with Crippen LogP contribution in [0.15, 0.2) is 0 Å². The van der Waals surface area contributed by atoms with Gasteiger partial charge >= 0.3 is 0 Å². The van der Waals surface area contributed by atoms with E-state index in [0.717, 1.165) is 0 Å². The number of aliphatic hydroxyl groups is 2. The maximum atomic E-state index is 10.0. The smallest absolute Gasteiger partial charge is 0.108 e. The van der Waals surface area contributed by atoms with E-state index in [1.54, 1.807) is 0 Å². The molecule has 0 bridgehead atoms. The van der Waals surface area contributed by atoms with E-state index in [1.807, 2.05) is 42.3 Å². The number of carbonyl (C=O) groups excluding carboxylic acids is 2. The van der Waals surface area contributed by atoms with Crippen molar-refractivity contribution >= 4 is 11.9 Å². The lowest BCUT2D eigenvalue weighted by Crippen LogP contribution is -2.43. The van der Waals surface area contributed by atoms with Gasteiger partial charge in [-0.1, -0.05) is 0 Å². The van der Waals surface area contributed by atoms with E-state index < -0.39 is 24.1 Å². The number of aliphatic hydroxyl groups excluding tert-OH is 2. The minimum atomic E-state index is -1.20. The lowest BCUT2D eigenvalue weighted by atomic mass is 10.2. The van der Waals surface area contributed by atoms with Gasteiger partial charge in [-0.05, 0) is 0 Å². The first-order valence-corrected chi connectivity index (χ1v) is 6.99. The fourth-order valence-electron chi connectivity index (χ4n) is 1.78. The first-order valence-electron chi connectivity index (χ1n) is 6.99. The van der Waals surface area contributed by atoms with Gasteiger partial charge < -0.3 is 39.0 Å². The van der Waals surface area contributed by atoms with Crippen LogP contribution < -0.4 is 10.2 Å². The maximum absolute atomic E-state index is 10.0. The zero-order valence-electron chi connectivity index (χ0n) is 14.4. The second-order valence-electron chi connectivity index (χ2n) is 7.41. The highest BCUT2D eigenvalue weighted by Crippen LogP contribution is 1.98. The third-order valence-corrected chi connectivity index (χ3v) is 2.32. The second-order valence-corrected chi connectivity index (χ2v) is 7.41. The summed E-state index contributed by atoms with van der Waals surface area (Å²) in [5.74, 6) is -2.41. The molecule has 0 aromatic rings. The molecule has 22 heavy (non-hydrogen) atoms. The van der Waals surface area contributed by atoms with Crippen LogP contribution >= 0.6 is 0 Å². The molecule has 0 aliphatic carbocycles. The van der Waals surface area contributed by atoms with Crippen molar-refractivity contribution in [2.24, 2.45) is 0 Å². The van der Waals surface area contributed by atoms with Crippen molar-refractivity contribution in [3.05, 3.63) is 0 Å². The molecule has 0 amide bonds. The molecule has 0 fully saturated rings. The summed E-state index contributed by atoms with van der Waals surface area (Å²) in [5.41, 5.74) is 0. The Labute approximate surface area is 132 Å². The highest BCUT2D eigenvalue weighted by Gasteiger charge is 2.15. The van der Waals surface area contributed by atoms with Crippen LogP contribution in [0, 0.1) is 0 Å². The SMILES string of the molecule is C[N+](C)(C)CC(O)CC(=O)[O-].C[N+](C)(C)CC(O)CC(=O)[O-]. The monoisotopic (exact) mass is 322 g/mol. The molecule has 0 saturated carbocycles. The number of carbonyl (C=O) groups is 2. The highest BCUT2D eigenvalue weighted by molar-refractivity contribution is 5.65. The molecule has 0 aliphatic heterocycles. The van der Waals surface area contributed by atoms with E-state index in [1.165, 1.54) is 0 Å². The standard InChI is InChI=1S/2C7H15NO3/c2*1-8(2,3)5-6(9)4-7(10)11/h2*6,9H,4-5H2,1-3H3. The van der Waals surface area contributed by atoms with Crippen molar-refractivity contribution in [3.8, 4) is 0 Å². The molecule has 0 rings (SSSR count). The molecular weight excluding hydrogens is 292 g/mol. The van der Waals surface area contributed by atoms with Gasteiger partial charge in [-0.15, -0.1) is 0 Å². The van der Waals surface area contributed by atoms with E-state index in [-0.39, 0.29) is 12.8 Å². The average Bonchev–Trinajstić information content (AvgIpc) is 2.07. The zero-order chi connectivity index (χ0) is 18.1. The summed E-state index contributed by atoms with van der Waals surface area (Å²) < 4.78 is 1.10. The van der Waals surface area contributed by atoms with Gasteiger partial charge in [0.25, 0.3) is 0 Å². The van der Waals surface area contributed by atoms with Gasteiger partial charge in [-0.25, -0.2) is 0 Å². The van der Waals surface area contributed by atoms with Gasteiger partial charge in [0.2, 0.25) is 0 Å². The largest absolute Gasteiger partial charge is 0.550 e. The van der Waals surface area contributed by atoms with Gasteiger partial charge in [0.05, 0.1) is 42.3 Å². The Morgan fingerprint density at radius 3 is 1.14 bits per heavy atom. The van der Waals surface area contributed by atoms with Crippen molar-refractivity contribution in [1.82, 2.24) is 0 Å². The van der Waals surface area contributed by atoms with Crippen molar-refractivity contribution in [3.63, 3.8) is 0 Å². The van der Waals surface area contributed by atoms with Crippen LogP contribution in [0.3, 0.4) is 0 Å². The summed E-state index contributed by atoms with van der Waals surface area (Å²) in [7, 11) is 11.3. The number of carboxylic acid groups (broad SMARTS) is 2. The number of likely N-dealkylation sites (N-methyl/N-ethyl adjacent to an activating group) is 2. The first kappa shape index (κ1) is 23.1. The summed E-state index contributed by atoms with van der Waals surface area (Å²) in [6, 6.07) is 0. The number of nitrogens with zero attached hydrogens (tertiary/aromatic N) is 2.